The van der Waals surface area contributed by atoms with Gasteiger partial charge in [0.1, 0.15) is 0 Å². The fourth-order valence-corrected chi connectivity index (χ4v) is 2.58. The van der Waals surface area contributed by atoms with Gasteiger partial charge >= 0.3 is 0 Å². The molecule has 0 spiro atoms. The number of hydrogen-bond donors (Lipinski definition) is 0. The molecule has 0 fully saturated rings. The number of aromatic amines is 1. The molecule has 0 aliphatic heterocycles. The fraction of sp³-hybridized carbons (Fsp3) is 0.308. The zero-order valence-electron chi connectivity index (χ0n) is 11.2. The summed E-state index contributed by atoms with van der Waals surface area (Å²) in [6.45, 7) is 0.959. The second-order valence-corrected chi connectivity index (χ2v) is 6.51. The molecule has 0 atom stereocenters. The summed E-state index contributed by atoms with van der Waals surface area (Å²) >= 11 is 1.60. The van der Waals surface area contributed by atoms with E-state index in [9.17, 15) is 13.0 Å². The van der Waals surface area contributed by atoms with E-state index in [4.69, 9.17) is 0 Å². The SMILES string of the molecule is CN(CCS(=O)(=O)[O-])Cc1ccsc1.c1cc[nH+]cc1. The number of nitrogens with one attached hydrogen (secondary N) is 1. The first-order valence-electron chi connectivity index (χ1n) is 6.01. The van der Waals surface area contributed by atoms with Crippen LogP contribution in [0.1, 0.15) is 5.56 Å². The Balaban J connectivity index is 0.000000276. The first kappa shape index (κ1) is 16.8. The molecule has 1 N–H and O–H groups in total. The minimum atomic E-state index is -4.09. The van der Waals surface area contributed by atoms with E-state index < -0.39 is 10.1 Å². The maximum Gasteiger partial charge on any atom is 0.166 e. The van der Waals surface area contributed by atoms with Crippen molar-refractivity contribution in [3.05, 3.63) is 53.0 Å². The number of H-pyrrole nitrogens is 1. The molecule has 0 unspecified atom stereocenters. The van der Waals surface area contributed by atoms with E-state index in [-0.39, 0.29) is 12.3 Å². The Bertz CT molecular complexity index is 530. The maximum absolute atomic E-state index is 10.4. The summed E-state index contributed by atoms with van der Waals surface area (Å²) in [5.41, 5.74) is 1.14. The number of hydrogen-bond acceptors (Lipinski definition) is 5. The van der Waals surface area contributed by atoms with E-state index in [2.05, 4.69) is 4.98 Å². The Morgan fingerprint density at radius 3 is 2.40 bits per heavy atom. The molecule has 0 aliphatic rings. The Hall–Kier alpha value is -1.28. The Kier molecular flexibility index (Phi) is 7.38. The molecule has 2 aromatic rings. The van der Waals surface area contributed by atoms with Crippen molar-refractivity contribution in [2.75, 3.05) is 19.3 Å². The largest absolute Gasteiger partial charge is 0.748 e. The predicted octanol–water partition coefficient (Wildman–Crippen LogP) is 1.23. The average Bonchev–Trinajstić information content (AvgIpc) is 2.91. The average molecular weight is 314 g/mol. The van der Waals surface area contributed by atoms with Crippen molar-refractivity contribution in [3.8, 4) is 0 Å². The van der Waals surface area contributed by atoms with Crippen molar-refractivity contribution in [2.45, 2.75) is 6.54 Å². The number of thiophene rings is 1. The molecule has 0 aliphatic carbocycles. The van der Waals surface area contributed by atoms with Crippen molar-refractivity contribution < 1.29 is 18.0 Å². The van der Waals surface area contributed by atoms with Gasteiger partial charge in [0.25, 0.3) is 0 Å². The molecule has 2 heterocycles. The van der Waals surface area contributed by atoms with Gasteiger partial charge in [0, 0.05) is 25.2 Å². The lowest BCUT2D eigenvalue weighted by Crippen LogP contribution is -2.24. The van der Waals surface area contributed by atoms with Crippen LogP contribution < -0.4 is 4.98 Å². The zero-order valence-corrected chi connectivity index (χ0v) is 12.9. The van der Waals surface area contributed by atoms with Crippen molar-refractivity contribution in [1.29, 1.82) is 0 Å². The van der Waals surface area contributed by atoms with Gasteiger partial charge in [-0.05, 0) is 29.4 Å². The van der Waals surface area contributed by atoms with Gasteiger partial charge < -0.3 is 9.45 Å². The van der Waals surface area contributed by atoms with Crippen LogP contribution in [0.5, 0.6) is 0 Å². The third-order valence-corrected chi connectivity index (χ3v) is 3.78. The van der Waals surface area contributed by atoms with Gasteiger partial charge in [-0.2, -0.15) is 11.3 Å². The monoisotopic (exact) mass is 314 g/mol. The normalized spacial score (nSPS) is 10.9. The van der Waals surface area contributed by atoms with E-state index in [1.165, 1.54) is 0 Å². The van der Waals surface area contributed by atoms with Crippen molar-refractivity contribution >= 4 is 21.5 Å². The fourth-order valence-electron chi connectivity index (χ4n) is 1.38. The zero-order chi connectivity index (χ0) is 14.8. The van der Waals surface area contributed by atoms with Crippen LogP contribution in [0.4, 0.5) is 0 Å². The Labute approximate surface area is 123 Å². The Morgan fingerprint density at radius 2 is 2.00 bits per heavy atom. The van der Waals surface area contributed by atoms with Crippen LogP contribution in [0.3, 0.4) is 0 Å². The van der Waals surface area contributed by atoms with E-state index >= 15 is 0 Å². The van der Waals surface area contributed by atoms with E-state index in [1.807, 2.05) is 52.3 Å². The highest BCUT2D eigenvalue weighted by molar-refractivity contribution is 7.85. The van der Waals surface area contributed by atoms with Crippen LogP contribution >= 0.6 is 11.3 Å². The van der Waals surface area contributed by atoms with E-state index in [1.54, 1.807) is 18.4 Å². The smallest absolute Gasteiger partial charge is 0.166 e. The highest BCUT2D eigenvalue weighted by Gasteiger charge is 2.02. The van der Waals surface area contributed by atoms with Crippen LogP contribution in [-0.4, -0.2) is 37.2 Å². The lowest BCUT2D eigenvalue weighted by Gasteiger charge is -2.16. The molecule has 0 aromatic carbocycles. The van der Waals surface area contributed by atoms with Crippen LogP contribution in [0, 0.1) is 0 Å². The molecule has 2 rings (SSSR count). The molecule has 20 heavy (non-hydrogen) atoms. The summed E-state index contributed by atoms with van der Waals surface area (Å²) in [6.07, 6.45) is 3.75. The van der Waals surface area contributed by atoms with Gasteiger partial charge in [0.05, 0.1) is 15.9 Å². The van der Waals surface area contributed by atoms with Crippen molar-refractivity contribution in [1.82, 2.24) is 4.90 Å². The lowest BCUT2D eigenvalue weighted by atomic mass is 10.3. The first-order chi connectivity index (χ1) is 9.47. The second kappa shape index (κ2) is 8.80. The van der Waals surface area contributed by atoms with Gasteiger partial charge in [-0.25, -0.2) is 13.4 Å². The number of pyridine rings is 1. The molecule has 7 heteroatoms. The summed E-state index contributed by atoms with van der Waals surface area (Å²) in [7, 11) is -2.29. The topological polar surface area (TPSA) is 74.6 Å². The number of aromatic nitrogens is 1. The Morgan fingerprint density at radius 1 is 1.30 bits per heavy atom. The van der Waals surface area contributed by atoms with Gasteiger partial charge in [0.2, 0.25) is 0 Å². The molecule has 0 radical (unpaired) electrons. The van der Waals surface area contributed by atoms with Crippen LogP contribution in [0.2, 0.25) is 0 Å². The van der Waals surface area contributed by atoms with Gasteiger partial charge in [-0.3, -0.25) is 0 Å². The molecule has 0 bridgehead atoms. The standard InChI is InChI=1S/C8H13NO3S2.C5H5N/c1-9(3-5-14(10,11)12)6-8-2-4-13-7-8;1-2-4-6-5-3-1/h2,4,7H,3,5-6H2,1H3,(H,10,11,12);1-5H. The lowest BCUT2D eigenvalue weighted by molar-refractivity contribution is -0.377. The van der Waals surface area contributed by atoms with Gasteiger partial charge in [-0.15, -0.1) is 0 Å². The predicted molar refractivity (Wildman–Crippen MR) is 78.2 cm³/mol. The highest BCUT2D eigenvalue weighted by Crippen LogP contribution is 2.08. The van der Waals surface area contributed by atoms with Gasteiger partial charge in [0.15, 0.2) is 12.4 Å². The van der Waals surface area contributed by atoms with Crippen LogP contribution in [0.15, 0.2) is 47.4 Å². The van der Waals surface area contributed by atoms with Gasteiger partial charge in [-0.1, -0.05) is 6.07 Å². The van der Waals surface area contributed by atoms with Crippen molar-refractivity contribution in [2.24, 2.45) is 0 Å². The number of nitrogens with zero attached hydrogens (tertiary/aromatic N) is 1. The maximum atomic E-state index is 10.4. The van der Waals surface area contributed by atoms with Crippen LogP contribution in [-0.2, 0) is 16.7 Å². The summed E-state index contributed by atoms with van der Waals surface area (Å²) < 4.78 is 31.1. The highest BCUT2D eigenvalue weighted by atomic mass is 32.2. The third kappa shape index (κ3) is 8.76. The number of rotatable bonds is 5. The van der Waals surface area contributed by atoms with E-state index in [0.29, 0.717) is 6.54 Å². The minimum absolute atomic E-state index is 0.279. The van der Waals surface area contributed by atoms with E-state index in [0.717, 1.165) is 5.56 Å². The quantitative estimate of drug-likeness (QED) is 0.778. The molecular formula is C13H18N2O3S2. The molecule has 0 saturated carbocycles. The molecule has 110 valence electrons. The molecule has 5 nitrogen and oxygen atoms in total. The molecular weight excluding hydrogens is 296 g/mol. The van der Waals surface area contributed by atoms with Crippen molar-refractivity contribution in [3.63, 3.8) is 0 Å². The van der Waals surface area contributed by atoms with Crippen LogP contribution in [0.25, 0.3) is 0 Å². The minimum Gasteiger partial charge on any atom is -0.748 e. The summed E-state index contributed by atoms with van der Waals surface area (Å²) in [4.78, 5) is 4.71. The molecule has 2 aromatic heterocycles. The molecule has 0 amide bonds. The summed E-state index contributed by atoms with van der Waals surface area (Å²) in [5, 5.41) is 3.97. The summed E-state index contributed by atoms with van der Waals surface area (Å²) in [5.74, 6) is -0.326. The second-order valence-electron chi connectivity index (χ2n) is 4.21. The molecule has 0 saturated heterocycles. The first-order valence-corrected chi connectivity index (χ1v) is 8.53. The third-order valence-electron chi connectivity index (χ3n) is 2.36. The summed E-state index contributed by atoms with van der Waals surface area (Å²) in [6, 6.07) is 7.84.